The summed E-state index contributed by atoms with van der Waals surface area (Å²) in [5, 5.41) is 44.0. The van der Waals surface area contributed by atoms with Crippen molar-refractivity contribution in [1.29, 1.82) is 0 Å². The molecule has 0 unspecified atom stereocenters. The molecule has 8 nitrogen and oxygen atoms in total. The van der Waals surface area contributed by atoms with Gasteiger partial charge in [0.15, 0.2) is 0 Å². The van der Waals surface area contributed by atoms with Crippen LogP contribution < -0.4 is 5.73 Å². The molecule has 0 heterocycles. The molecule has 8 heteroatoms. The molecule has 30 heavy (non-hydrogen) atoms. The van der Waals surface area contributed by atoms with Gasteiger partial charge >= 0.3 is 11.9 Å². The molecule has 0 fully saturated rings. The predicted octanol–water partition coefficient (Wildman–Crippen LogP) is 3.05. The molecule has 0 aliphatic rings. The highest BCUT2D eigenvalue weighted by Crippen LogP contribution is 2.14. The van der Waals surface area contributed by atoms with Gasteiger partial charge in [0, 0.05) is 0 Å². The summed E-state index contributed by atoms with van der Waals surface area (Å²) in [7, 11) is 0. The zero-order valence-corrected chi connectivity index (χ0v) is 18.7. The molecule has 0 aromatic carbocycles. The van der Waals surface area contributed by atoms with Crippen LogP contribution in [-0.4, -0.2) is 62.3 Å². The fourth-order valence-electron chi connectivity index (χ4n) is 2.97. The molecule has 0 saturated carbocycles. The lowest BCUT2D eigenvalue weighted by Gasteiger charge is -2.22. The van der Waals surface area contributed by atoms with Crippen molar-refractivity contribution in [2.45, 2.75) is 121 Å². The standard InChI is InChI=1S/C18H39NO3.C4H6O4/c1-2-3-4-5-6-7-8-9-10-11-12-13-14-17(21)18(22)16(19)15-20;5-3(6)1-2-4(7)8/h16-18,20-22H,2-15,19H2,1H3;1-2H2,(H,5,6)(H,7,8)/t16-,17+,18+;/m0./s1. The van der Waals surface area contributed by atoms with Gasteiger partial charge < -0.3 is 31.3 Å². The third-order valence-electron chi connectivity index (χ3n) is 4.95. The Bertz CT molecular complexity index is 393. The zero-order chi connectivity index (χ0) is 23.2. The van der Waals surface area contributed by atoms with Crippen molar-refractivity contribution in [2.24, 2.45) is 5.73 Å². The summed E-state index contributed by atoms with van der Waals surface area (Å²) in [5.41, 5.74) is 5.49. The van der Waals surface area contributed by atoms with E-state index in [9.17, 15) is 19.8 Å². The maximum Gasteiger partial charge on any atom is 0.303 e. The van der Waals surface area contributed by atoms with Crippen LogP contribution in [-0.2, 0) is 9.59 Å². The van der Waals surface area contributed by atoms with Crippen molar-refractivity contribution in [3.8, 4) is 0 Å². The zero-order valence-electron chi connectivity index (χ0n) is 18.7. The van der Waals surface area contributed by atoms with Gasteiger partial charge in [0.25, 0.3) is 0 Å². The molecule has 0 aliphatic carbocycles. The topological polar surface area (TPSA) is 161 Å². The van der Waals surface area contributed by atoms with Gasteiger partial charge in [-0.1, -0.05) is 84.0 Å². The highest BCUT2D eigenvalue weighted by Gasteiger charge is 2.22. The minimum atomic E-state index is -1.08. The number of aliphatic carboxylic acids is 2. The third-order valence-corrected chi connectivity index (χ3v) is 4.95. The summed E-state index contributed by atoms with van der Waals surface area (Å²) in [5.74, 6) is -2.15. The molecule has 0 saturated heterocycles. The Morgan fingerprint density at radius 3 is 1.43 bits per heavy atom. The Labute approximate surface area is 181 Å². The highest BCUT2D eigenvalue weighted by molar-refractivity contribution is 5.75. The van der Waals surface area contributed by atoms with Crippen LogP contribution in [0.3, 0.4) is 0 Å². The molecular weight excluding hydrogens is 390 g/mol. The molecule has 0 aliphatic heterocycles. The van der Waals surface area contributed by atoms with Gasteiger partial charge in [-0.05, 0) is 6.42 Å². The van der Waals surface area contributed by atoms with Crippen molar-refractivity contribution in [1.82, 2.24) is 0 Å². The molecule has 0 bridgehead atoms. The maximum absolute atomic E-state index is 9.74. The van der Waals surface area contributed by atoms with E-state index in [0.717, 1.165) is 12.8 Å². The largest absolute Gasteiger partial charge is 0.481 e. The number of carboxylic acid groups (broad SMARTS) is 2. The van der Waals surface area contributed by atoms with Crippen LogP contribution >= 0.6 is 0 Å². The van der Waals surface area contributed by atoms with Gasteiger partial charge in [-0.2, -0.15) is 0 Å². The number of nitrogens with two attached hydrogens (primary N) is 1. The number of hydrogen-bond donors (Lipinski definition) is 6. The Hall–Kier alpha value is -1.22. The lowest BCUT2D eigenvalue weighted by Crippen LogP contribution is -2.45. The van der Waals surface area contributed by atoms with Crippen LogP contribution in [0.2, 0.25) is 0 Å². The lowest BCUT2D eigenvalue weighted by atomic mass is 10.00. The molecule has 3 atom stereocenters. The Kier molecular flexibility index (Phi) is 23.2. The van der Waals surface area contributed by atoms with E-state index < -0.39 is 30.2 Å². The van der Waals surface area contributed by atoms with Crippen molar-refractivity contribution >= 4 is 11.9 Å². The number of unbranched alkanes of at least 4 members (excludes halogenated alkanes) is 11. The SMILES string of the molecule is CCCCCCCCCCCCCC[C@@H](O)[C@H](O)[C@@H](N)CO.O=C(O)CCC(=O)O. The summed E-state index contributed by atoms with van der Waals surface area (Å²) in [6.07, 6.45) is 13.5. The van der Waals surface area contributed by atoms with Crippen molar-refractivity contribution in [2.75, 3.05) is 6.61 Å². The van der Waals surface area contributed by atoms with E-state index in [1.54, 1.807) is 0 Å². The number of carbonyl (C=O) groups is 2. The van der Waals surface area contributed by atoms with Gasteiger partial charge in [0.1, 0.15) is 0 Å². The van der Waals surface area contributed by atoms with Gasteiger partial charge in [-0.3, -0.25) is 9.59 Å². The van der Waals surface area contributed by atoms with Crippen LogP contribution in [0.5, 0.6) is 0 Å². The maximum atomic E-state index is 9.74. The Morgan fingerprint density at radius 1 is 0.733 bits per heavy atom. The van der Waals surface area contributed by atoms with Crippen LogP contribution in [0.4, 0.5) is 0 Å². The number of aliphatic hydroxyl groups is 3. The van der Waals surface area contributed by atoms with Crippen LogP contribution in [0.15, 0.2) is 0 Å². The Balaban J connectivity index is 0. The molecule has 0 aromatic rings. The van der Waals surface area contributed by atoms with E-state index >= 15 is 0 Å². The van der Waals surface area contributed by atoms with Crippen molar-refractivity contribution in [3.05, 3.63) is 0 Å². The smallest absolute Gasteiger partial charge is 0.303 e. The lowest BCUT2D eigenvalue weighted by molar-refractivity contribution is -0.143. The molecule has 0 aromatic heterocycles. The third kappa shape index (κ3) is 23.1. The minimum Gasteiger partial charge on any atom is -0.481 e. The summed E-state index contributed by atoms with van der Waals surface area (Å²) < 4.78 is 0. The van der Waals surface area contributed by atoms with E-state index in [1.165, 1.54) is 64.2 Å². The minimum absolute atomic E-state index is 0.295. The Morgan fingerprint density at radius 2 is 1.10 bits per heavy atom. The molecule has 0 spiro atoms. The molecule has 0 amide bonds. The number of hydrogen-bond acceptors (Lipinski definition) is 6. The number of carboxylic acids is 2. The average Bonchev–Trinajstić information content (AvgIpc) is 2.72. The average molecular weight is 436 g/mol. The molecule has 7 N–H and O–H groups in total. The quantitative estimate of drug-likeness (QED) is 0.169. The summed E-state index contributed by atoms with van der Waals surface area (Å²) >= 11 is 0. The summed E-state index contributed by atoms with van der Waals surface area (Å²) in [4.78, 5) is 19.3. The first-order valence-corrected chi connectivity index (χ1v) is 11.4. The second kappa shape index (κ2) is 22.5. The molecule has 0 radical (unpaired) electrons. The van der Waals surface area contributed by atoms with Gasteiger partial charge in [-0.25, -0.2) is 0 Å². The first kappa shape index (κ1) is 31.0. The molecule has 180 valence electrons. The van der Waals surface area contributed by atoms with E-state index in [-0.39, 0.29) is 19.4 Å². The molecular formula is C22H45NO7. The van der Waals surface area contributed by atoms with Crippen molar-refractivity contribution in [3.63, 3.8) is 0 Å². The van der Waals surface area contributed by atoms with Crippen molar-refractivity contribution < 1.29 is 35.1 Å². The highest BCUT2D eigenvalue weighted by atomic mass is 16.4. The summed E-state index contributed by atoms with van der Waals surface area (Å²) in [6.45, 7) is 1.96. The van der Waals surface area contributed by atoms with E-state index in [2.05, 4.69) is 6.92 Å². The molecule has 0 rings (SSSR count). The monoisotopic (exact) mass is 435 g/mol. The fourth-order valence-corrected chi connectivity index (χ4v) is 2.97. The number of aliphatic hydroxyl groups excluding tert-OH is 3. The first-order valence-electron chi connectivity index (χ1n) is 11.4. The predicted molar refractivity (Wildman–Crippen MR) is 117 cm³/mol. The van der Waals surface area contributed by atoms with E-state index in [4.69, 9.17) is 21.1 Å². The van der Waals surface area contributed by atoms with Crippen LogP contribution in [0, 0.1) is 0 Å². The van der Waals surface area contributed by atoms with E-state index in [1.807, 2.05) is 0 Å². The van der Waals surface area contributed by atoms with Crippen LogP contribution in [0.1, 0.15) is 103 Å². The second-order valence-corrected chi connectivity index (χ2v) is 7.87. The second-order valence-electron chi connectivity index (χ2n) is 7.87. The normalized spacial score (nSPS) is 13.8. The first-order chi connectivity index (χ1) is 14.3. The van der Waals surface area contributed by atoms with Crippen LogP contribution in [0.25, 0.3) is 0 Å². The number of rotatable bonds is 19. The fraction of sp³-hybridized carbons (Fsp3) is 0.909. The van der Waals surface area contributed by atoms with E-state index in [0.29, 0.717) is 6.42 Å². The van der Waals surface area contributed by atoms with Gasteiger partial charge in [0.2, 0.25) is 0 Å². The van der Waals surface area contributed by atoms with Gasteiger partial charge in [0.05, 0.1) is 37.7 Å². The van der Waals surface area contributed by atoms with Gasteiger partial charge in [-0.15, -0.1) is 0 Å². The summed E-state index contributed by atoms with van der Waals surface area (Å²) in [6, 6.07) is -0.743.